The summed E-state index contributed by atoms with van der Waals surface area (Å²) in [6.07, 6.45) is 6.22. The molecule has 8 nitrogen and oxygen atoms in total. The van der Waals surface area contributed by atoms with Gasteiger partial charge in [-0.15, -0.1) is 0 Å². The normalized spacial score (nSPS) is 18.3. The molecule has 2 aromatic heterocycles. The number of nitrogens with one attached hydrogen (secondary N) is 1. The summed E-state index contributed by atoms with van der Waals surface area (Å²) in [7, 11) is 0. The minimum absolute atomic E-state index is 0.153. The summed E-state index contributed by atoms with van der Waals surface area (Å²) in [6.45, 7) is 0.395. The Bertz CT molecular complexity index is 1330. The van der Waals surface area contributed by atoms with Crippen molar-refractivity contribution in [3.05, 3.63) is 88.5 Å². The molecule has 0 bridgehead atoms. The van der Waals surface area contributed by atoms with Gasteiger partial charge in [-0.3, -0.25) is 14.3 Å². The molecule has 4 aromatic rings. The van der Waals surface area contributed by atoms with E-state index in [0.717, 1.165) is 24.1 Å². The third-order valence-electron chi connectivity index (χ3n) is 6.16. The summed E-state index contributed by atoms with van der Waals surface area (Å²) >= 11 is 0. The largest absolute Gasteiger partial charge is 0.391 e. The van der Waals surface area contributed by atoms with Gasteiger partial charge in [-0.25, -0.2) is 4.68 Å². The number of hydrogen-bond donors (Lipinski definition) is 2. The summed E-state index contributed by atoms with van der Waals surface area (Å²) in [5, 5.41) is 22.2. The molecule has 2 atom stereocenters. The molecular weight excluding hydrogens is 418 g/mol. The van der Waals surface area contributed by atoms with Crippen molar-refractivity contribution >= 4 is 16.8 Å². The highest BCUT2D eigenvalue weighted by Gasteiger charge is 2.27. The zero-order valence-electron chi connectivity index (χ0n) is 18.1. The van der Waals surface area contributed by atoms with E-state index in [1.165, 1.54) is 0 Å². The lowest BCUT2D eigenvalue weighted by molar-refractivity contribution is 0.0711. The monoisotopic (exact) mass is 443 g/mol. The van der Waals surface area contributed by atoms with E-state index in [-0.39, 0.29) is 11.7 Å². The number of aromatic nitrogens is 4. The van der Waals surface area contributed by atoms with Gasteiger partial charge in [0.25, 0.3) is 5.91 Å². The van der Waals surface area contributed by atoms with Gasteiger partial charge in [0, 0.05) is 17.8 Å². The molecule has 0 saturated heterocycles. The van der Waals surface area contributed by atoms with E-state index in [1.54, 1.807) is 27.7 Å². The molecule has 8 heteroatoms. The van der Waals surface area contributed by atoms with E-state index < -0.39 is 17.4 Å². The smallest absolute Gasteiger partial charge is 0.276 e. The van der Waals surface area contributed by atoms with E-state index in [4.69, 9.17) is 0 Å². The molecule has 33 heavy (non-hydrogen) atoms. The summed E-state index contributed by atoms with van der Waals surface area (Å²) in [6, 6.07) is 16.5. The van der Waals surface area contributed by atoms with Crippen LogP contribution in [0.5, 0.6) is 0 Å². The van der Waals surface area contributed by atoms with Crippen molar-refractivity contribution in [1.29, 1.82) is 0 Å². The van der Waals surface area contributed by atoms with Gasteiger partial charge in [0.15, 0.2) is 5.69 Å². The van der Waals surface area contributed by atoms with E-state index in [0.29, 0.717) is 30.3 Å². The second-order valence-corrected chi connectivity index (χ2v) is 8.40. The van der Waals surface area contributed by atoms with Crippen LogP contribution in [0.15, 0.2) is 71.8 Å². The van der Waals surface area contributed by atoms with Crippen LogP contribution in [0, 0.1) is 0 Å². The Morgan fingerprint density at radius 3 is 2.61 bits per heavy atom. The van der Waals surface area contributed by atoms with Crippen LogP contribution in [0.25, 0.3) is 16.6 Å². The van der Waals surface area contributed by atoms with Crippen LogP contribution in [-0.2, 0) is 6.54 Å². The maximum Gasteiger partial charge on any atom is 0.276 e. The molecule has 2 N–H and O–H groups in total. The minimum atomic E-state index is -0.598. The van der Waals surface area contributed by atoms with Gasteiger partial charge >= 0.3 is 0 Å². The average molecular weight is 444 g/mol. The SMILES string of the molecule is O=C(N[C@H]1CCCC[C@@H]1O)c1nn(Cc2ccc(-n3cccn3)cc2)c2ccccc2c1=O. The molecule has 5 rings (SSSR count). The molecule has 1 amide bonds. The van der Waals surface area contributed by atoms with Crippen LogP contribution in [0.1, 0.15) is 41.7 Å². The van der Waals surface area contributed by atoms with E-state index >= 15 is 0 Å². The zero-order chi connectivity index (χ0) is 22.8. The molecule has 0 radical (unpaired) electrons. The van der Waals surface area contributed by atoms with Gasteiger partial charge < -0.3 is 10.4 Å². The summed E-state index contributed by atoms with van der Waals surface area (Å²) in [4.78, 5) is 26.1. The Hall–Kier alpha value is -3.78. The minimum Gasteiger partial charge on any atom is -0.391 e. The first-order chi connectivity index (χ1) is 16.1. The van der Waals surface area contributed by atoms with E-state index in [1.807, 2.05) is 48.7 Å². The molecule has 1 aliphatic rings. The number of benzene rings is 2. The third-order valence-corrected chi connectivity index (χ3v) is 6.16. The topological polar surface area (TPSA) is 102 Å². The lowest BCUT2D eigenvalue weighted by Gasteiger charge is -2.28. The molecular formula is C25H25N5O3. The Labute approximate surface area is 190 Å². The average Bonchev–Trinajstić information content (AvgIpc) is 3.38. The standard InChI is InChI=1S/C25H25N5O3/c31-22-9-4-2-7-20(22)27-25(33)23-24(32)19-6-1-3-8-21(19)30(28-23)16-17-10-12-18(13-11-17)29-15-5-14-26-29/h1,3,5-6,8,10-15,20,22,31H,2,4,7,9,16H2,(H,27,33)/t20-,22-/m0/s1. The number of rotatable bonds is 5. The van der Waals surface area contributed by atoms with Crippen molar-refractivity contribution in [3.63, 3.8) is 0 Å². The van der Waals surface area contributed by atoms with Crippen molar-refractivity contribution in [2.24, 2.45) is 0 Å². The van der Waals surface area contributed by atoms with Crippen molar-refractivity contribution in [3.8, 4) is 5.69 Å². The second kappa shape index (κ2) is 8.99. The number of carbonyl (C=O) groups is 1. The number of nitrogens with zero attached hydrogens (tertiary/aromatic N) is 4. The van der Waals surface area contributed by atoms with Crippen LogP contribution in [0.2, 0.25) is 0 Å². The maximum absolute atomic E-state index is 13.1. The number of hydrogen-bond acceptors (Lipinski definition) is 5. The number of amides is 1. The zero-order valence-corrected chi connectivity index (χ0v) is 18.1. The fourth-order valence-corrected chi connectivity index (χ4v) is 4.37. The highest BCUT2D eigenvalue weighted by molar-refractivity contribution is 5.95. The summed E-state index contributed by atoms with van der Waals surface area (Å²) in [5.41, 5.74) is 2.01. The first kappa shape index (κ1) is 21.1. The molecule has 0 unspecified atom stereocenters. The molecule has 168 valence electrons. The van der Waals surface area contributed by atoms with Crippen LogP contribution in [0.4, 0.5) is 0 Å². The van der Waals surface area contributed by atoms with E-state index in [9.17, 15) is 14.7 Å². The predicted molar refractivity (Wildman–Crippen MR) is 124 cm³/mol. The molecule has 1 saturated carbocycles. The number of aliphatic hydroxyl groups is 1. The van der Waals surface area contributed by atoms with Crippen molar-refractivity contribution in [2.45, 2.75) is 44.4 Å². The number of para-hydroxylation sites is 1. The molecule has 2 aromatic carbocycles. The van der Waals surface area contributed by atoms with E-state index in [2.05, 4.69) is 15.5 Å². The van der Waals surface area contributed by atoms with Crippen molar-refractivity contribution < 1.29 is 9.90 Å². The van der Waals surface area contributed by atoms with Crippen LogP contribution in [-0.4, -0.2) is 42.7 Å². The maximum atomic E-state index is 13.1. The van der Waals surface area contributed by atoms with Crippen LogP contribution < -0.4 is 10.7 Å². The van der Waals surface area contributed by atoms with Gasteiger partial charge in [-0.2, -0.15) is 10.2 Å². The molecule has 1 fully saturated rings. The number of fused-ring (bicyclic) bond motifs is 1. The lowest BCUT2D eigenvalue weighted by Crippen LogP contribution is -2.46. The van der Waals surface area contributed by atoms with Gasteiger partial charge in [-0.05, 0) is 48.7 Å². The Morgan fingerprint density at radius 2 is 1.85 bits per heavy atom. The Kier molecular flexibility index (Phi) is 5.75. The molecule has 0 spiro atoms. The quantitative estimate of drug-likeness (QED) is 0.494. The fourth-order valence-electron chi connectivity index (χ4n) is 4.37. The molecule has 2 heterocycles. The highest BCUT2D eigenvalue weighted by Crippen LogP contribution is 2.19. The highest BCUT2D eigenvalue weighted by atomic mass is 16.3. The third kappa shape index (κ3) is 4.29. The van der Waals surface area contributed by atoms with Gasteiger partial charge in [0.05, 0.1) is 29.9 Å². The van der Waals surface area contributed by atoms with Gasteiger partial charge in [-0.1, -0.05) is 37.1 Å². The van der Waals surface area contributed by atoms with Gasteiger partial charge in [0.1, 0.15) is 0 Å². The van der Waals surface area contributed by atoms with Crippen LogP contribution in [0.3, 0.4) is 0 Å². The lowest BCUT2D eigenvalue weighted by atomic mass is 9.92. The summed E-state index contributed by atoms with van der Waals surface area (Å²) < 4.78 is 3.46. The number of aliphatic hydroxyl groups excluding tert-OH is 1. The van der Waals surface area contributed by atoms with Crippen molar-refractivity contribution in [1.82, 2.24) is 24.9 Å². The Morgan fingerprint density at radius 1 is 1.06 bits per heavy atom. The first-order valence-electron chi connectivity index (χ1n) is 11.2. The summed E-state index contributed by atoms with van der Waals surface area (Å²) in [5.74, 6) is -0.542. The predicted octanol–water partition coefficient (Wildman–Crippen LogP) is 2.66. The van der Waals surface area contributed by atoms with Crippen LogP contribution >= 0.6 is 0 Å². The Balaban J connectivity index is 1.47. The van der Waals surface area contributed by atoms with Crippen molar-refractivity contribution in [2.75, 3.05) is 0 Å². The molecule has 1 aliphatic carbocycles. The second-order valence-electron chi connectivity index (χ2n) is 8.40. The fraction of sp³-hybridized carbons (Fsp3) is 0.280. The van der Waals surface area contributed by atoms with Gasteiger partial charge in [0.2, 0.25) is 5.43 Å². The molecule has 0 aliphatic heterocycles. The first-order valence-corrected chi connectivity index (χ1v) is 11.2. The number of carbonyl (C=O) groups excluding carboxylic acids is 1.